The van der Waals surface area contributed by atoms with Crippen molar-refractivity contribution in [2.24, 2.45) is 0 Å². The second-order valence-corrected chi connectivity index (χ2v) is 7.57. The van der Waals surface area contributed by atoms with Crippen molar-refractivity contribution in [3.63, 3.8) is 0 Å². The predicted octanol–water partition coefficient (Wildman–Crippen LogP) is 2.08. The molecule has 1 aliphatic rings. The number of rotatable bonds is 4. The molecule has 0 aromatic carbocycles. The van der Waals surface area contributed by atoms with E-state index in [4.69, 9.17) is 10.5 Å². The van der Waals surface area contributed by atoms with Gasteiger partial charge in [-0.25, -0.2) is 4.98 Å². The summed E-state index contributed by atoms with van der Waals surface area (Å²) in [6, 6.07) is 3.50. The summed E-state index contributed by atoms with van der Waals surface area (Å²) in [5.74, 6) is 0.390. The molecule has 4 rings (SSSR count). The number of aromatic nitrogens is 5. The van der Waals surface area contributed by atoms with Gasteiger partial charge in [0.15, 0.2) is 5.00 Å². The lowest BCUT2D eigenvalue weighted by Gasteiger charge is -2.37. The zero-order valence-corrected chi connectivity index (χ0v) is 16.5. The number of pyridine rings is 1. The van der Waals surface area contributed by atoms with Crippen LogP contribution < -0.4 is 10.5 Å². The predicted molar refractivity (Wildman–Crippen MR) is 105 cm³/mol. The Labute approximate surface area is 166 Å². The number of anilines is 1. The molecule has 0 aliphatic carbocycles. The molecule has 0 bridgehead atoms. The van der Waals surface area contributed by atoms with Crippen molar-refractivity contribution in [2.45, 2.75) is 38.8 Å². The van der Waals surface area contributed by atoms with E-state index in [1.165, 1.54) is 16.3 Å². The number of hydrogen-bond donors (Lipinski definition) is 1. The van der Waals surface area contributed by atoms with Gasteiger partial charge in [0.1, 0.15) is 11.7 Å². The second kappa shape index (κ2) is 7.55. The SMILES string of the molecule is Cc1nsc(-n2nccn2)c1C(=O)N1CC(Oc2cc(N)ccn2)CCC1C. The van der Waals surface area contributed by atoms with E-state index in [0.717, 1.165) is 12.8 Å². The van der Waals surface area contributed by atoms with Gasteiger partial charge in [0.05, 0.1) is 24.6 Å². The molecule has 4 heterocycles. The Hall–Kier alpha value is -3.01. The highest BCUT2D eigenvalue weighted by molar-refractivity contribution is 7.09. The number of aryl methyl sites for hydroxylation is 1. The van der Waals surface area contributed by atoms with Crippen LogP contribution >= 0.6 is 11.5 Å². The molecule has 0 radical (unpaired) electrons. The van der Waals surface area contributed by atoms with Crippen molar-refractivity contribution >= 4 is 23.1 Å². The first kappa shape index (κ1) is 18.4. The minimum atomic E-state index is -0.146. The highest BCUT2D eigenvalue weighted by Gasteiger charge is 2.34. The summed E-state index contributed by atoms with van der Waals surface area (Å²) in [7, 11) is 0. The van der Waals surface area contributed by atoms with E-state index in [2.05, 4.69) is 19.6 Å². The molecule has 1 fully saturated rings. The minimum absolute atomic E-state index is 0.0834. The van der Waals surface area contributed by atoms with Gasteiger partial charge in [-0.05, 0) is 44.3 Å². The first-order chi connectivity index (χ1) is 13.5. The molecular weight excluding hydrogens is 378 g/mol. The largest absolute Gasteiger partial charge is 0.472 e. The van der Waals surface area contributed by atoms with Crippen molar-refractivity contribution in [3.05, 3.63) is 42.0 Å². The quantitative estimate of drug-likeness (QED) is 0.715. The summed E-state index contributed by atoms with van der Waals surface area (Å²) >= 11 is 1.22. The highest BCUT2D eigenvalue weighted by Crippen LogP contribution is 2.28. The Balaban J connectivity index is 1.56. The maximum Gasteiger partial charge on any atom is 0.259 e. The Morgan fingerprint density at radius 3 is 2.82 bits per heavy atom. The molecule has 0 spiro atoms. The van der Waals surface area contributed by atoms with Crippen molar-refractivity contribution < 1.29 is 9.53 Å². The molecule has 1 saturated heterocycles. The Morgan fingerprint density at radius 2 is 2.07 bits per heavy atom. The van der Waals surface area contributed by atoms with Gasteiger partial charge in [0.2, 0.25) is 5.88 Å². The molecule has 2 atom stereocenters. The molecule has 3 aromatic heterocycles. The van der Waals surface area contributed by atoms with Crippen LogP contribution in [0.4, 0.5) is 5.69 Å². The summed E-state index contributed by atoms with van der Waals surface area (Å²) in [6.07, 6.45) is 6.31. The fraction of sp³-hybridized carbons (Fsp3) is 0.389. The third-order valence-corrected chi connectivity index (χ3v) is 5.71. The van der Waals surface area contributed by atoms with Crippen LogP contribution in [0.1, 0.15) is 35.8 Å². The van der Waals surface area contributed by atoms with Gasteiger partial charge in [-0.3, -0.25) is 4.79 Å². The molecule has 28 heavy (non-hydrogen) atoms. The van der Waals surface area contributed by atoms with Gasteiger partial charge in [0, 0.05) is 24.0 Å². The van der Waals surface area contributed by atoms with Crippen LogP contribution in [0.5, 0.6) is 5.88 Å². The lowest BCUT2D eigenvalue weighted by atomic mass is 10.00. The Bertz CT molecular complexity index is 972. The van der Waals surface area contributed by atoms with Gasteiger partial charge in [-0.2, -0.15) is 14.6 Å². The molecule has 1 amide bonds. The molecule has 2 unspecified atom stereocenters. The number of hydrogen-bond acceptors (Lipinski definition) is 8. The van der Waals surface area contributed by atoms with Crippen LogP contribution in [0.25, 0.3) is 5.00 Å². The summed E-state index contributed by atoms with van der Waals surface area (Å²) in [6.45, 7) is 4.35. The van der Waals surface area contributed by atoms with Crippen LogP contribution in [0.15, 0.2) is 30.7 Å². The maximum absolute atomic E-state index is 13.4. The third kappa shape index (κ3) is 3.55. The number of nitrogens with two attached hydrogens (primary N) is 1. The van der Waals surface area contributed by atoms with Crippen LogP contribution in [0.2, 0.25) is 0 Å². The van der Waals surface area contributed by atoms with Gasteiger partial charge in [-0.1, -0.05) is 0 Å². The number of carbonyl (C=O) groups excluding carboxylic acids is 1. The average molecular weight is 399 g/mol. The van der Waals surface area contributed by atoms with Crippen LogP contribution in [-0.2, 0) is 0 Å². The van der Waals surface area contributed by atoms with E-state index >= 15 is 0 Å². The first-order valence-electron chi connectivity index (χ1n) is 9.05. The van der Waals surface area contributed by atoms with Gasteiger partial charge >= 0.3 is 0 Å². The van der Waals surface area contributed by atoms with Crippen LogP contribution in [0, 0.1) is 6.92 Å². The van der Waals surface area contributed by atoms with Crippen LogP contribution in [-0.4, -0.2) is 53.8 Å². The minimum Gasteiger partial charge on any atom is -0.472 e. The number of nitrogens with zero attached hydrogens (tertiary/aromatic N) is 6. The number of amides is 1. The normalized spacial score (nSPS) is 19.6. The molecule has 1 aliphatic heterocycles. The standard InChI is InChI=1S/C18H21N7O2S/c1-11-3-4-14(27-15-9-13(19)5-6-20-15)10-24(11)17(26)16-12(2)23-28-18(16)25-21-7-8-22-25/h5-9,11,14H,3-4,10H2,1-2H3,(H2,19,20). The molecular formula is C18H21N7O2S. The molecule has 2 N–H and O–H groups in total. The molecule has 10 heteroatoms. The summed E-state index contributed by atoms with van der Waals surface area (Å²) in [4.78, 5) is 20.9. The number of nitrogen functional groups attached to an aromatic ring is 1. The lowest BCUT2D eigenvalue weighted by molar-refractivity contribution is 0.0372. The topological polar surface area (TPSA) is 112 Å². The van der Waals surface area contributed by atoms with E-state index in [-0.39, 0.29) is 18.1 Å². The van der Waals surface area contributed by atoms with E-state index in [9.17, 15) is 4.79 Å². The fourth-order valence-electron chi connectivity index (χ4n) is 3.32. The van der Waals surface area contributed by atoms with Crippen molar-refractivity contribution in [3.8, 4) is 10.9 Å². The number of ether oxygens (including phenoxy) is 1. The van der Waals surface area contributed by atoms with E-state index in [1.54, 1.807) is 30.7 Å². The third-order valence-electron chi connectivity index (χ3n) is 4.80. The first-order valence-corrected chi connectivity index (χ1v) is 9.82. The van der Waals surface area contributed by atoms with Crippen molar-refractivity contribution in [1.82, 2.24) is 29.3 Å². The highest BCUT2D eigenvalue weighted by atomic mass is 32.1. The molecule has 0 saturated carbocycles. The Kier molecular flexibility index (Phi) is 4.95. The number of carbonyl (C=O) groups is 1. The Morgan fingerprint density at radius 1 is 1.29 bits per heavy atom. The summed E-state index contributed by atoms with van der Waals surface area (Å²) < 4.78 is 10.3. The van der Waals surface area contributed by atoms with Crippen LogP contribution in [0.3, 0.4) is 0 Å². The van der Waals surface area contributed by atoms with Crippen molar-refractivity contribution in [2.75, 3.05) is 12.3 Å². The van der Waals surface area contributed by atoms with E-state index in [0.29, 0.717) is 34.4 Å². The summed E-state index contributed by atoms with van der Waals surface area (Å²) in [5.41, 5.74) is 7.61. The summed E-state index contributed by atoms with van der Waals surface area (Å²) in [5, 5.41) is 8.92. The monoisotopic (exact) mass is 399 g/mol. The average Bonchev–Trinajstić information content (AvgIpc) is 3.32. The van der Waals surface area contributed by atoms with E-state index in [1.807, 2.05) is 18.7 Å². The van der Waals surface area contributed by atoms with Crippen molar-refractivity contribution in [1.29, 1.82) is 0 Å². The zero-order valence-electron chi connectivity index (χ0n) is 15.6. The van der Waals surface area contributed by atoms with E-state index < -0.39 is 0 Å². The number of likely N-dealkylation sites (tertiary alicyclic amines) is 1. The molecule has 9 nitrogen and oxygen atoms in total. The lowest BCUT2D eigenvalue weighted by Crippen LogP contribution is -2.49. The second-order valence-electron chi connectivity index (χ2n) is 6.82. The van der Waals surface area contributed by atoms with Gasteiger partial charge < -0.3 is 15.4 Å². The fourth-order valence-corrected chi connectivity index (χ4v) is 4.13. The molecule has 3 aromatic rings. The van der Waals surface area contributed by atoms with Gasteiger partial charge in [-0.15, -0.1) is 4.80 Å². The maximum atomic E-state index is 13.4. The van der Waals surface area contributed by atoms with Gasteiger partial charge in [0.25, 0.3) is 5.91 Å². The zero-order chi connectivity index (χ0) is 19.7. The smallest absolute Gasteiger partial charge is 0.259 e. The number of piperidine rings is 1. The molecule has 146 valence electrons.